The quantitative estimate of drug-likeness (QED) is 0.286. The highest BCUT2D eigenvalue weighted by Crippen LogP contribution is 2.14. The Morgan fingerprint density at radius 1 is 1.50 bits per heavy atom. The smallest absolute Gasteiger partial charge is 0.250 e. The standard InChI is InChI=1S/C12H20N4O2S2/c1-3-7-14-12(13-4-2)15-8-9-16-20(17,18)11-6-5-10-19-11/h3,5-6,10,16H,1,4,7-9H2,2H3,(H2,13,14,15). The van der Waals surface area contributed by atoms with Crippen LogP contribution in [0.5, 0.6) is 0 Å². The Labute approximate surface area is 124 Å². The molecule has 0 saturated carbocycles. The molecule has 0 aliphatic rings. The van der Waals surface area contributed by atoms with Crippen molar-refractivity contribution >= 4 is 27.3 Å². The van der Waals surface area contributed by atoms with Crippen LogP contribution in [0.2, 0.25) is 0 Å². The molecule has 1 aromatic rings. The second-order valence-corrected chi connectivity index (χ2v) is 6.70. The Hall–Kier alpha value is -1.38. The molecule has 0 fully saturated rings. The summed E-state index contributed by atoms with van der Waals surface area (Å²) in [6.07, 6.45) is 1.73. The number of sulfonamides is 1. The molecule has 6 nitrogen and oxygen atoms in total. The van der Waals surface area contributed by atoms with Crippen LogP contribution in [-0.2, 0) is 10.0 Å². The number of thiophene rings is 1. The molecule has 0 spiro atoms. The lowest BCUT2D eigenvalue weighted by Gasteiger charge is -2.09. The molecule has 8 heteroatoms. The number of aliphatic imine (C=N–C) groups is 1. The zero-order chi connectivity index (χ0) is 14.8. The summed E-state index contributed by atoms with van der Waals surface area (Å²) in [4.78, 5) is 4.26. The van der Waals surface area contributed by atoms with E-state index in [2.05, 4.69) is 26.9 Å². The fraction of sp³-hybridized carbons (Fsp3) is 0.417. The van der Waals surface area contributed by atoms with Gasteiger partial charge in [0.2, 0.25) is 10.0 Å². The van der Waals surface area contributed by atoms with Gasteiger partial charge in [-0.1, -0.05) is 12.1 Å². The number of nitrogens with zero attached hydrogens (tertiary/aromatic N) is 1. The van der Waals surface area contributed by atoms with Crippen LogP contribution < -0.4 is 15.4 Å². The molecule has 0 bridgehead atoms. The number of guanidine groups is 1. The molecule has 1 heterocycles. The van der Waals surface area contributed by atoms with Gasteiger partial charge in [0.05, 0.1) is 6.54 Å². The van der Waals surface area contributed by atoms with Gasteiger partial charge >= 0.3 is 0 Å². The largest absolute Gasteiger partial charge is 0.357 e. The Bertz CT molecular complexity index is 524. The van der Waals surface area contributed by atoms with Crippen molar-refractivity contribution in [3.05, 3.63) is 30.2 Å². The van der Waals surface area contributed by atoms with Crippen molar-refractivity contribution in [2.75, 3.05) is 26.2 Å². The van der Waals surface area contributed by atoms with Crippen LogP contribution in [0.1, 0.15) is 6.92 Å². The van der Waals surface area contributed by atoms with Crippen LogP contribution in [0.15, 0.2) is 39.4 Å². The van der Waals surface area contributed by atoms with E-state index in [4.69, 9.17) is 0 Å². The van der Waals surface area contributed by atoms with Gasteiger partial charge in [-0.05, 0) is 18.4 Å². The van der Waals surface area contributed by atoms with Crippen molar-refractivity contribution in [1.82, 2.24) is 15.4 Å². The third-order valence-corrected chi connectivity index (χ3v) is 5.05. The van der Waals surface area contributed by atoms with E-state index in [9.17, 15) is 8.42 Å². The molecule has 20 heavy (non-hydrogen) atoms. The van der Waals surface area contributed by atoms with E-state index in [0.29, 0.717) is 23.3 Å². The molecule has 3 N–H and O–H groups in total. The van der Waals surface area contributed by atoms with Gasteiger partial charge in [0.25, 0.3) is 0 Å². The Balaban J connectivity index is 2.44. The van der Waals surface area contributed by atoms with E-state index in [1.807, 2.05) is 6.92 Å². The first-order valence-corrected chi connectivity index (χ1v) is 8.62. The molecule has 112 valence electrons. The zero-order valence-corrected chi connectivity index (χ0v) is 13.1. The van der Waals surface area contributed by atoms with E-state index in [-0.39, 0.29) is 6.54 Å². The minimum Gasteiger partial charge on any atom is -0.357 e. The van der Waals surface area contributed by atoms with Crippen LogP contribution >= 0.6 is 11.3 Å². The predicted molar refractivity (Wildman–Crippen MR) is 83.7 cm³/mol. The molecule has 0 aromatic carbocycles. The summed E-state index contributed by atoms with van der Waals surface area (Å²) in [5.41, 5.74) is 0. The summed E-state index contributed by atoms with van der Waals surface area (Å²) in [5.74, 6) is 0.641. The van der Waals surface area contributed by atoms with Crippen LogP contribution in [0, 0.1) is 0 Å². The van der Waals surface area contributed by atoms with E-state index in [0.717, 1.165) is 6.54 Å². The topological polar surface area (TPSA) is 82.6 Å². The van der Waals surface area contributed by atoms with E-state index in [1.54, 1.807) is 23.6 Å². The second-order valence-electron chi connectivity index (χ2n) is 3.76. The van der Waals surface area contributed by atoms with Crippen molar-refractivity contribution in [1.29, 1.82) is 0 Å². The third-order valence-electron chi connectivity index (χ3n) is 2.19. The molecular formula is C12H20N4O2S2. The first-order valence-electron chi connectivity index (χ1n) is 6.26. The number of rotatable bonds is 8. The van der Waals surface area contributed by atoms with Crippen molar-refractivity contribution < 1.29 is 8.42 Å². The van der Waals surface area contributed by atoms with Crippen molar-refractivity contribution in [2.24, 2.45) is 4.99 Å². The lowest BCUT2D eigenvalue weighted by atomic mass is 10.6. The SMILES string of the molecule is C=CCNC(=NCCNS(=O)(=O)c1cccs1)NCC. The van der Waals surface area contributed by atoms with Crippen molar-refractivity contribution in [3.8, 4) is 0 Å². The highest BCUT2D eigenvalue weighted by Gasteiger charge is 2.13. The normalized spacial score (nSPS) is 12.2. The average Bonchev–Trinajstić information content (AvgIpc) is 2.95. The van der Waals surface area contributed by atoms with Crippen LogP contribution in [0.3, 0.4) is 0 Å². The summed E-state index contributed by atoms with van der Waals surface area (Å²) >= 11 is 1.19. The summed E-state index contributed by atoms with van der Waals surface area (Å²) in [6.45, 7) is 7.53. The van der Waals surface area contributed by atoms with Gasteiger partial charge in [0.15, 0.2) is 5.96 Å². The van der Waals surface area contributed by atoms with Crippen molar-refractivity contribution in [2.45, 2.75) is 11.1 Å². The molecule has 0 radical (unpaired) electrons. The van der Waals surface area contributed by atoms with Gasteiger partial charge in [0.1, 0.15) is 4.21 Å². The minimum atomic E-state index is -3.40. The van der Waals surface area contributed by atoms with Crippen LogP contribution in [0.25, 0.3) is 0 Å². The molecular weight excluding hydrogens is 296 g/mol. The number of nitrogens with one attached hydrogen (secondary N) is 3. The molecule has 0 amide bonds. The summed E-state index contributed by atoms with van der Waals surface area (Å²) in [5, 5.41) is 7.83. The van der Waals surface area contributed by atoms with Gasteiger partial charge in [-0.2, -0.15) is 0 Å². The summed E-state index contributed by atoms with van der Waals surface area (Å²) in [7, 11) is -3.40. The third kappa shape index (κ3) is 5.72. The van der Waals surface area contributed by atoms with Crippen molar-refractivity contribution in [3.63, 3.8) is 0 Å². The molecule has 0 unspecified atom stereocenters. The fourth-order valence-corrected chi connectivity index (χ4v) is 3.40. The monoisotopic (exact) mass is 316 g/mol. The molecule has 0 saturated heterocycles. The van der Waals surface area contributed by atoms with E-state index < -0.39 is 10.0 Å². The first-order chi connectivity index (χ1) is 9.60. The lowest BCUT2D eigenvalue weighted by Crippen LogP contribution is -2.38. The molecule has 0 aliphatic carbocycles. The first kappa shape index (κ1) is 16.7. The molecule has 1 rings (SSSR count). The summed E-state index contributed by atoms with van der Waals surface area (Å²) < 4.78 is 26.5. The van der Waals surface area contributed by atoms with E-state index >= 15 is 0 Å². The predicted octanol–water partition coefficient (Wildman–Crippen LogP) is 0.767. The lowest BCUT2D eigenvalue weighted by molar-refractivity contribution is 0.584. The van der Waals surface area contributed by atoms with Gasteiger partial charge in [0, 0.05) is 19.6 Å². The highest BCUT2D eigenvalue weighted by molar-refractivity contribution is 7.91. The maximum Gasteiger partial charge on any atom is 0.250 e. The number of hydrogen-bond donors (Lipinski definition) is 3. The van der Waals surface area contributed by atoms with Crippen LogP contribution in [-0.4, -0.2) is 40.6 Å². The highest BCUT2D eigenvalue weighted by atomic mass is 32.2. The fourth-order valence-electron chi connectivity index (χ4n) is 1.35. The Morgan fingerprint density at radius 2 is 2.30 bits per heavy atom. The molecule has 0 aliphatic heterocycles. The van der Waals surface area contributed by atoms with Gasteiger partial charge in [-0.25, -0.2) is 13.1 Å². The Morgan fingerprint density at radius 3 is 2.90 bits per heavy atom. The summed E-state index contributed by atoms with van der Waals surface area (Å²) in [6, 6.07) is 3.28. The zero-order valence-electron chi connectivity index (χ0n) is 11.4. The van der Waals surface area contributed by atoms with Crippen LogP contribution in [0.4, 0.5) is 0 Å². The van der Waals surface area contributed by atoms with Gasteiger partial charge < -0.3 is 10.6 Å². The van der Waals surface area contributed by atoms with Gasteiger partial charge in [-0.15, -0.1) is 17.9 Å². The van der Waals surface area contributed by atoms with Gasteiger partial charge in [-0.3, -0.25) is 4.99 Å². The maximum absolute atomic E-state index is 11.8. The number of hydrogen-bond acceptors (Lipinski definition) is 4. The maximum atomic E-state index is 11.8. The second kappa shape index (κ2) is 8.72. The average molecular weight is 316 g/mol. The minimum absolute atomic E-state index is 0.255. The Kier molecular flexibility index (Phi) is 7.27. The molecule has 0 atom stereocenters. The molecule has 1 aromatic heterocycles. The van der Waals surface area contributed by atoms with E-state index in [1.165, 1.54) is 11.3 Å².